The van der Waals surface area contributed by atoms with Gasteiger partial charge >= 0.3 is 0 Å². The fourth-order valence-electron chi connectivity index (χ4n) is 3.14. The molecule has 2 aliphatic rings. The molecule has 0 aromatic heterocycles. The van der Waals surface area contributed by atoms with Crippen molar-refractivity contribution in [3.8, 4) is 0 Å². The number of anilines is 1. The van der Waals surface area contributed by atoms with Gasteiger partial charge in [-0.05, 0) is 56.9 Å². The summed E-state index contributed by atoms with van der Waals surface area (Å²) in [5, 5.41) is 2.75. The molecule has 2 N–H and O–H groups in total. The van der Waals surface area contributed by atoms with E-state index in [2.05, 4.69) is 10.0 Å². The van der Waals surface area contributed by atoms with Crippen molar-refractivity contribution in [2.75, 3.05) is 17.7 Å². The van der Waals surface area contributed by atoms with Gasteiger partial charge in [0.1, 0.15) is 0 Å². The molecule has 25 heavy (non-hydrogen) atoms. The number of amides is 2. The standard InChI is InChI=1S/C17H22N2O5S/c1-17(2)13-9-11(6-7-14(13)18-16(17)21)15(20)19-25(22,23)10-12-5-3-4-8-24-12/h6-7,9,12H,3-5,8,10H2,1-2H3,(H,18,21)(H,19,20). The molecule has 136 valence electrons. The predicted octanol–water partition coefficient (Wildman–Crippen LogP) is 1.54. The molecule has 1 unspecified atom stereocenters. The van der Waals surface area contributed by atoms with Crippen molar-refractivity contribution in [3.05, 3.63) is 29.3 Å². The summed E-state index contributed by atoms with van der Waals surface area (Å²) in [4.78, 5) is 24.3. The number of nitrogens with one attached hydrogen (secondary N) is 2. The van der Waals surface area contributed by atoms with Crippen LogP contribution in [0.1, 0.15) is 49.0 Å². The number of benzene rings is 1. The summed E-state index contributed by atoms with van der Waals surface area (Å²) in [6, 6.07) is 4.69. The van der Waals surface area contributed by atoms with Crippen molar-refractivity contribution in [1.82, 2.24) is 4.72 Å². The highest BCUT2D eigenvalue weighted by Crippen LogP contribution is 2.37. The molecule has 2 heterocycles. The molecule has 0 saturated carbocycles. The van der Waals surface area contributed by atoms with Gasteiger partial charge in [-0.2, -0.15) is 0 Å². The van der Waals surface area contributed by atoms with E-state index >= 15 is 0 Å². The second-order valence-corrected chi connectivity index (χ2v) is 8.81. The third-order valence-corrected chi connectivity index (χ3v) is 6.01. The minimum absolute atomic E-state index is 0.151. The van der Waals surface area contributed by atoms with Crippen molar-refractivity contribution in [2.24, 2.45) is 0 Å². The van der Waals surface area contributed by atoms with Crippen LogP contribution in [0.4, 0.5) is 5.69 Å². The predicted molar refractivity (Wildman–Crippen MR) is 92.9 cm³/mol. The zero-order valence-electron chi connectivity index (χ0n) is 14.3. The molecule has 1 aromatic carbocycles. The molecule has 1 atom stereocenters. The van der Waals surface area contributed by atoms with Crippen LogP contribution in [0, 0.1) is 0 Å². The van der Waals surface area contributed by atoms with E-state index in [1.165, 1.54) is 6.07 Å². The summed E-state index contributed by atoms with van der Waals surface area (Å²) >= 11 is 0. The summed E-state index contributed by atoms with van der Waals surface area (Å²) < 4.78 is 32.0. The molecular weight excluding hydrogens is 344 g/mol. The first-order valence-electron chi connectivity index (χ1n) is 8.31. The van der Waals surface area contributed by atoms with E-state index in [9.17, 15) is 18.0 Å². The molecule has 1 fully saturated rings. The maximum Gasteiger partial charge on any atom is 0.264 e. The van der Waals surface area contributed by atoms with Crippen molar-refractivity contribution in [2.45, 2.75) is 44.6 Å². The van der Waals surface area contributed by atoms with Crippen LogP contribution < -0.4 is 10.0 Å². The lowest BCUT2D eigenvalue weighted by atomic mass is 9.85. The zero-order valence-corrected chi connectivity index (χ0v) is 15.1. The Bertz CT molecular complexity index is 810. The summed E-state index contributed by atoms with van der Waals surface area (Å²) in [6.45, 7) is 4.06. The smallest absolute Gasteiger partial charge is 0.264 e. The lowest BCUT2D eigenvalue weighted by Crippen LogP contribution is -2.38. The number of fused-ring (bicyclic) bond motifs is 1. The van der Waals surface area contributed by atoms with Gasteiger partial charge < -0.3 is 10.1 Å². The van der Waals surface area contributed by atoms with Crippen LogP contribution in [0.15, 0.2) is 18.2 Å². The molecule has 3 rings (SSSR count). The quantitative estimate of drug-likeness (QED) is 0.842. The topological polar surface area (TPSA) is 102 Å². The number of hydrogen-bond acceptors (Lipinski definition) is 5. The Morgan fingerprint density at radius 2 is 2.12 bits per heavy atom. The van der Waals surface area contributed by atoms with Gasteiger partial charge in [-0.15, -0.1) is 0 Å². The summed E-state index contributed by atoms with van der Waals surface area (Å²) in [6.07, 6.45) is 2.16. The van der Waals surface area contributed by atoms with Gasteiger partial charge in [0.15, 0.2) is 0 Å². The van der Waals surface area contributed by atoms with Crippen molar-refractivity contribution >= 4 is 27.5 Å². The molecular formula is C17H22N2O5S. The van der Waals surface area contributed by atoms with E-state index in [1.807, 2.05) is 0 Å². The minimum Gasteiger partial charge on any atom is -0.377 e. The van der Waals surface area contributed by atoms with Crippen LogP contribution in [0.2, 0.25) is 0 Å². The summed E-state index contributed by atoms with van der Waals surface area (Å²) in [5.74, 6) is -1.08. The van der Waals surface area contributed by atoms with Gasteiger partial charge in [-0.1, -0.05) is 0 Å². The monoisotopic (exact) mass is 366 g/mol. The Labute approximate surface area is 147 Å². The third kappa shape index (κ3) is 3.69. The van der Waals surface area contributed by atoms with E-state index < -0.39 is 21.3 Å². The van der Waals surface area contributed by atoms with Crippen molar-refractivity contribution in [3.63, 3.8) is 0 Å². The summed E-state index contributed by atoms with van der Waals surface area (Å²) in [5.41, 5.74) is 0.764. The average molecular weight is 366 g/mol. The van der Waals surface area contributed by atoms with Gasteiger partial charge in [0.05, 0.1) is 17.3 Å². The number of hydrogen-bond donors (Lipinski definition) is 2. The van der Waals surface area contributed by atoms with E-state index in [4.69, 9.17) is 4.74 Å². The Kier molecular flexibility index (Phi) is 4.59. The van der Waals surface area contributed by atoms with E-state index in [-0.39, 0.29) is 23.3 Å². The molecule has 2 aliphatic heterocycles. The first-order chi connectivity index (χ1) is 11.7. The third-order valence-electron chi connectivity index (χ3n) is 4.70. The Balaban J connectivity index is 1.74. The zero-order chi connectivity index (χ0) is 18.2. The summed E-state index contributed by atoms with van der Waals surface area (Å²) in [7, 11) is -3.79. The first kappa shape index (κ1) is 17.9. The lowest BCUT2D eigenvalue weighted by Gasteiger charge is -2.22. The Morgan fingerprint density at radius 1 is 1.36 bits per heavy atom. The van der Waals surface area contributed by atoms with Gasteiger partial charge in [0.25, 0.3) is 5.91 Å². The highest BCUT2D eigenvalue weighted by Gasteiger charge is 2.38. The van der Waals surface area contributed by atoms with Crippen LogP contribution in [0.3, 0.4) is 0 Å². The average Bonchev–Trinajstić information content (AvgIpc) is 2.76. The number of ether oxygens (including phenoxy) is 1. The molecule has 0 bridgehead atoms. The second-order valence-electron chi connectivity index (χ2n) is 7.04. The molecule has 7 nitrogen and oxygen atoms in total. The molecule has 0 spiro atoms. The van der Waals surface area contributed by atoms with Gasteiger partial charge in [-0.25, -0.2) is 13.1 Å². The normalized spacial score (nSPS) is 22.2. The van der Waals surface area contributed by atoms with Gasteiger partial charge in [0.2, 0.25) is 15.9 Å². The van der Waals surface area contributed by atoms with Gasteiger partial charge in [-0.3, -0.25) is 9.59 Å². The fraction of sp³-hybridized carbons (Fsp3) is 0.529. The Hall–Kier alpha value is -1.93. The number of carbonyl (C=O) groups is 2. The van der Waals surface area contributed by atoms with Crippen LogP contribution in [-0.4, -0.2) is 38.7 Å². The van der Waals surface area contributed by atoms with Crippen molar-refractivity contribution in [1.29, 1.82) is 0 Å². The molecule has 8 heteroatoms. The SMILES string of the molecule is CC1(C)C(=O)Nc2ccc(C(=O)NS(=O)(=O)CC3CCCCO3)cc21. The molecule has 1 saturated heterocycles. The number of rotatable bonds is 4. The van der Waals surface area contributed by atoms with E-state index in [0.29, 0.717) is 24.3 Å². The minimum atomic E-state index is -3.79. The van der Waals surface area contributed by atoms with Crippen molar-refractivity contribution < 1.29 is 22.7 Å². The molecule has 0 radical (unpaired) electrons. The number of carbonyl (C=O) groups excluding carboxylic acids is 2. The van der Waals surface area contributed by atoms with E-state index in [1.54, 1.807) is 26.0 Å². The lowest BCUT2D eigenvalue weighted by molar-refractivity contribution is -0.119. The maximum atomic E-state index is 12.4. The largest absolute Gasteiger partial charge is 0.377 e. The van der Waals surface area contributed by atoms with Crippen LogP contribution >= 0.6 is 0 Å². The Morgan fingerprint density at radius 3 is 2.80 bits per heavy atom. The molecule has 2 amide bonds. The maximum absolute atomic E-state index is 12.4. The number of sulfonamides is 1. The van der Waals surface area contributed by atoms with Crippen LogP contribution in [0.25, 0.3) is 0 Å². The second kappa shape index (κ2) is 6.42. The highest BCUT2D eigenvalue weighted by molar-refractivity contribution is 7.90. The van der Waals surface area contributed by atoms with Gasteiger partial charge in [0, 0.05) is 17.9 Å². The van der Waals surface area contributed by atoms with Crippen LogP contribution in [-0.2, 0) is 25.0 Å². The molecule has 1 aromatic rings. The molecule has 0 aliphatic carbocycles. The first-order valence-corrected chi connectivity index (χ1v) is 9.97. The fourth-order valence-corrected chi connectivity index (χ4v) is 4.37. The van der Waals surface area contributed by atoms with E-state index in [0.717, 1.165) is 12.8 Å². The highest BCUT2D eigenvalue weighted by atomic mass is 32.2. The van der Waals surface area contributed by atoms with Crippen LogP contribution in [0.5, 0.6) is 0 Å².